The van der Waals surface area contributed by atoms with Crippen molar-refractivity contribution >= 4 is 15.9 Å². The summed E-state index contributed by atoms with van der Waals surface area (Å²) < 4.78 is 3.20. The van der Waals surface area contributed by atoms with Crippen molar-refractivity contribution in [3.63, 3.8) is 0 Å². The van der Waals surface area contributed by atoms with E-state index in [1.165, 1.54) is 29.7 Å². The Kier molecular flexibility index (Phi) is 3.94. The number of aryl methyl sites for hydroxylation is 1. The second kappa shape index (κ2) is 5.70. The molecule has 0 saturated heterocycles. The van der Waals surface area contributed by atoms with Gasteiger partial charge in [-0.3, -0.25) is 4.68 Å². The molecule has 20 heavy (non-hydrogen) atoms. The van der Waals surface area contributed by atoms with Crippen LogP contribution < -0.4 is 5.32 Å². The summed E-state index contributed by atoms with van der Waals surface area (Å²) in [5.41, 5.74) is 4.96. The average Bonchev–Trinajstić information content (AvgIpc) is 3.24. The minimum Gasteiger partial charge on any atom is -0.310 e. The predicted molar refractivity (Wildman–Crippen MR) is 84.8 cm³/mol. The molecule has 1 heterocycles. The van der Waals surface area contributed by atoms with E-state index in [1.54, 1.807) is 0 Å². The van der Waals surface area contributed by atoms with Gasteiger partial charge in [-0.05, 0) is 53.7 Å². The maximum Gasteiger partial charge on any atom is 0.0738 e. The van der Waals surface area contributed by atoms with Gasteiger partial charge in [0.1, 0.15) is 0 Å². The lowest BCUT2D eigenvalue weighted by Gasteiger charge is -2.11. The molecule has 4 heteroatoms. The number of hydrogen-bond acceptors (Lipinski definition) is 2. The van der Waals surface area contributed by atoms with Crippen molar-refractivity contribution in [2.75, 3.05) is 0 Å². The topological polar surface area (TPSA) is 29.9 Å². The minimum atomic E-state index is 0.742. The standard InChI is InChI=1S/C16H20BrN3/c1-11-16(17)12(2)20(19-11)10-14-6-4-3-5-13(14)9-18-15-7-8-15/h3-6,15,18H,7-10H2,1-2H3. The number of aromatic nitrogens is 2. The molecule has 0 radical (unpaired) electrons. The number of nitrogens with one attached hydrogen (secondary N) is 1. The van der Waals surface area contributed by atoms with Gasteiger partial charge in [-0.2, -0.15) is 5.10 Å². The molecule has 0 atom stereocenters. The Bertz CT molecular complexity index is 614. The van der Waals surface area contributed by atoms with Gasteiger partial charge in [0.2, 0.25) is 0 Å². The van der Waals surface area contributed by atoms with Crippen LogP contribution >= 0.6 is 15.9 Å². The second-order valence-corrected chi connectivity index (χ2v) is 6.36. The van der Waals surface area contributed by atoms with Crippen molar-refractivity contribution < 1.29 is 0 Å². The molecule has 0 spiro atoms. The molecule has 1 aliphatic rings. The Balaban J connectivity index is 1.80. The lowest BCUT2D eigenvalue weighted by molar-refractivity contribution is 0.638. The highest BCUT2D eigenvalue weighted by Gasteiger charge is 2.20. The number of hydrogen-bond donors (Lipinski definition) is 1. The summed E-state index contributed by atoms with van der Waals surface area (Å²) in [6.45, 7) is 5.94. The largest absolute Gasteiger partial charge is 0.310 e. The third kappa shape index (κ3) is 2.96. The first-order valence-electron chi connectivity index (χ1n) is 7.15. The van der Waals surface area contributed by atoms with Gasteiger partial charge in [-0.1, -0.05) is 24.3 Å². The summed E-state index contributed by atoms with van der Waals surface area (Å²) in [7, 11) is 0. The highest BCUT2D eigenvalue weighted by molar-refractivity contribution is 9.10. The van der Waals surface area contributed by atoms with Crippen molar-refractivity contribution in [1.82, 2.24) is 15.1 Å². The van der Waals surface area contributed by atoms with E-state index in [0.29, 0.717) is 0 Å². The molecule has 1 saturated carbocycles. The maximum absolute atomic E-state index is 4.60. The molecule has 1 aromatic carbocycles. The van der Waals surface area contributed by atoms with Crippen molar-refractivity contribution in [2.24, 2.45) is 0 Å². The van der Waals surface area contributed by atoms with Crippen LogP contribution in [-0.4, -0.2) is 15.8 Å². The lowest BCUT2D eigenvalue weighted by atomic mass is 10.1. The smallest absolute Gasteiger partial charge is 0.0738 e. The van der Waals surface area contributed by atoms with E-state index in [-0.39, 0.29) is 0 Å². The molecule has 1 fully saturated rings. The summed E-state index contributed by atoms with van der Waals surface area (Å²) in [5.74, 6) is 0. The van der Waals surface area contributed by atoms with Crippen LogP contribution in [0.3, 0.4) is 0 Å². The van der Waals surface area contributed by atoms with Crippen molar-refractivity contribution in [2.45, 2.75) is 45.8 Å². The van der Waals surface area contributed by atoms with Gasteiger partial charge < -0.3 is 5.32 Å². The molecule has 1 aliphatic carbocycles. The van der Waals surface area contributed by atoms with Gasteiger partial charge in [0, 0.05) is 12.6 Å². The second-order valence-electron chi connectivity index (χ2n) is 5.57. The first-order chi connectivity index (χ1) is 9.65. The number of nitrogens with zero attached hydrogens (tertiary/aromatic N) is 2. The Morgan fingerprint density at radius 2 is 1.95 bits per heavy atom. The van der Waals surface area contributed by atoms with Gasteiger partial charge >= 0.3 is 0 Å². The molecule has 106 valence electrons. The minimum absolute atomic E-state index is 0.742. The average molecular weight is 334 g/mol. The summed E-state index contributed by atoms with van der Waals surface area (Å²) in [6.07, 6.45) is 2.65. The third-order valence-corrected chi connectivity index (χ3v) is 5.04. The summed E-state index contributed by atoms with van der Waals surface area (Å²) in [6, 6.07) is 9.38. The monoisotopic (exact) mass is 333 g/mol. The maximum atomic E-state index is 4.60. The van der Waals surface area contributed by atoms with Crippen LogP contribution in [0.1, 0.15) is 35.4 Å². The van der Waals surface area contributed by atoms with Crippen LogP contribution in [0, 0.1) is 13.8 Å². The summed E-state index contributed by atoms with van der Waals surface area (Å²) >= 11 is 3.59. The molecule has 1 N–H and O–H groups in total. The Morgan fingerprint density at radius 3 is 2.55 bits per heavy atom. The highest BCUT2D eigenvalue weighted by atomic mass is 79.9. The van der Waals surface area contributed by atoms with Crippen molar-refractivity contribution in [3.8, 4) is 0 Å². The van der Waals surface area contributed by atoms with Crippen LogP contribution in [0.25, 0.3) is 0 Å². The summed E-state index contributed by atoms with van der Waals surface area (Å²) in [5, 5.41) is 8.19. The van der Waals surface area contributed by atoms with Gasteiger partial charge in [0.25, 0.3) is 0 Å². The van der Waals surface area contributed by atoms with E-state index in [1.807, 2.05) is 6.92 Å². The van der Waals surface area contributed by atoms with E-state index in [4.69, 9.17) is 0 Å². The SMILES string of the molecule is Cc1nn(Cc2ccccc2CNC2CC2)c(C)c1Br. The quantitative estimate of drug-likeness (QED) is 0.906. The zero-order valence-corrected chi connectivity index (χ0v) is 13.6. The molecule has 0 aliphatic heterocycles. The third-order valence-electron chi connectivity index (χ3n) is 3.89. The lowest BCUT2D eigenvalue weighted by Crippen LogP contribution is -2.17. The summed E-state index contributed by atoms with van der Waals surface area (Å²) in [4.78, 5) is 0. The fourth-order valence-corrected chi connectivity index (χ4v) is 2.70. The Hall–Kier alpha value is -1.13. The van der Waals surface area contributed by atoms with E-state index in [0.717, 1.165) is 29.3 Å². The van der Waals surface area contributed by atoms with E-state index < -0.39 is 0 Å². The predicted octanol–water partition coefficient (Wildman–Crippen LogP) is 3.56. The number of halogens is 1. The number of benzene rings is 1. The van der Waals surface area contributed by atoms with Gasteiger partial charge in [-0.25, -0.2) is 0 Å². The zero-order valence-electron chi connectivity index (χ0n) is 12.0. The zero-order chi connectivity index (χ0) is 14.1. The molecule has 0 unspecified atom stereocenters. The Morgan fingerprint density at radius 1 is 1.25 bits per heavy atom. The molecule has 1 aromatic heterocycles. The molecule has 0 amide bonds. The van der Waals surface area contributed by atoms with Crippen LogP contribution in [0.4, 0.5) is 0 Å². The van der Waals surface area contributed by atoms with E-state index >= 15 is 0 Å². The molecule has 3 rings (SSSR count). The van der Waals surface area contributed by atoms with E-state index in [2.05, 4.69) is 62.2 Å². The van der Waals surface area contributed by atoms with Crippen molar-refractivity contribution in [1.29, 1.82) is 0 Å². The van der Waals surface area contributed by atoms with Gasteiger partial charge in [0.15, 0.2) is 0 Å². The van der Waals surface area contributed by atoms with E-state index in [9.17, 15) is 0 Å². The fourth-order valence-electron chi connectivity index (χ4n) is 2.42. The van der Waals surface area contributed by atoms with Crippen molar-refractivity contribution in [3.05, 3.63) is 51.3 Å². The van der Waals surface area contributed by atoms with Crippen LogP contribution in [0.15, 0.2) is 28.7 Å². The molecule has 0 bridgehead atoms. The van der Waals surface area contributed by atoms with Gasteiger partial charge in [-0.15, -0.1) is 0 Å². The normalized spacial score (nSPS) is 14.8. The molecular formula is C16H20BrN3. The Labute approximate surface area is 128 Å². The fraction of sp³-hybridized carbons (Fsp3) is 0.438. The number of rotatable bonds is 5. The molecule has 2 aromatic rings. The molecule has 3 nitrogen and oxygen atoms in total. The van der Waals surface area contributed by atoms with Crippen LogP contribution in [-0.2, 0) is 13.1 Å². The van der Waals surface area contributed by atoms with Crippen LogP contribution in [0.2, 0.25) is 0 Å². The first kappa shape index (κ1) is 13.8. The first-order valence-corrected chi connectivity index (χ1v) is 7.94. The molecular weight excluding hydrogens is 314 g/mol. The highest BCUT2D eigenvalue weighted by Crippen LogP contribution is 2.22. The van der Waals surface area contributed by atoms with Crippen LogP contribution in [0.5, 0.6) is 0 Å². The van der Waals surface area contributed by atoms with Gasteiger partial charge in [0.05, 0.1) is 22.4 Å².